The number of esters is 1. The standard InChI is InChI=1S/C15H19B3FN3O8/c1-5(2)7(20)11(27)29-15(17,18)13(19)8(24)9(25)14(16,30-13)22-3-6(4-23)10(26)21-12(22)28/h3,5,7-9,23-25H,4,20H2,1-2H3,(H,21,26,28)/t7-,8-,9+,13-,14-/m0/s1. The number of alkyl halides is 1. The molecule has 0 amide bonds. The Bertz CT molecular complexity index is 940. The van der Waals surface area contributed by atoms with Crippen LogP contribution >= 0.6 is 0 Å². The van der Waals surface area contributed by atoms with Gasteiger partial charge in [-0.2, -0.15) is 0 Å². The monoisotopic (exact) mass is 421 g/mol. The number of ether oxygens (including phenoxy) is 2. The van der Waals surface area contributed by atoms with E-state index in [4.69, 9.17) is 34.0 Å². The van der Waals surface area contributed by atoms with Crippen molar-refractivity contribution in [2.45, 2.75) is 55.6 Å². The van der Waals surface area contributed by atoms with Crippen molar-refractivity contribution in [3.8, 4) is 0 Å². The summed E-state index contributed by atoms with van der Waals surface area (Å²) in [6, 6.07) is -1.26. The number of halogens is 1. The van der Waals surface area contributed by atoms with Gasteiger partial charge in [0.1, 0.15) is 47.4 Å². The molecule has 1 aromatic heterocycles. The normalized spacial score (nSPS) is 30.4. The number of aliphatic hydroxyl groups excluding tert-OH is 3. The fourth-order valence-corrected chi connectivity index (χ4v) is 2.75. The predicted octanol–water partition coefficient (Wildman–Crippen LogP) is -4.26. The van der Waals surface area contributed by atoms with E-state index in [9.17, 15) is 29.7 Å². The number of aromatic amines is 1. The van der Waals surface area contributed by atoms with Crippen molar-refractivity contribution < 1.29 is 34.0 Å². The number of aromatic nitrogens is 2. The summed E-state index contributed by atoms with van der Waals surface area (Å²) < 4.78 is 25.5. The summed E-state index contributed by atoms with van der Waals surface area (Å²) in [5, 5.41) is 26.5. The molecule has 0 saturated carbocycles. The van der Waals surface area contributed by atoms with Crippen LogP contribution in [0.4, 0.5) is 4.39 Å². The van der Waals surface area contributed by atoms with Crippen molar-refractivity contribution in [1.82, 2.24) is 9.55 Å². The fourth-order valence-electron chi connectivity index (χ4n) is 2.75. The molecule has 11 nitrogen and oxygen atoms in total. The zero-order chi connectivity index (χ0) is 23.2. The van der Waals surface area contributed by atoms with Crippen LogP contribution in [0.1, 0.15) is 19.4 Å². The number of nitrogens with zero attached hydrogens (tertiary/aromatic N) is 1. The molecule has 158 valence electrons. The van der Waals surface area contributed by atoms with Crippen molar-refractivity contribution in [2.24, 2.45) is 11.7 Å². The number of carbonyl (C=O) groups is 1. The number of nitrogens with one attached hydrogen (secondary N) is 1. The minimum absolute atomic E-state index is 0.312. The first-order chi connectivity index (χ1) is 13.6. The summed E-state index contributed by atoms with van der Waals surface area (Å²) in [4.78, 5) is 37.6. The molecular formula is C15H19B3FN3O8. The van der Waals surface area contributed by atoms with Gasteiger partial charge in [0, 0.05) is 6.20 Å². The Labute approximate surface area is 173 Å². The van der Waals surface area contributed by atoms with E-state index < -0.39 is 70.4 Å². The molecule has 1 aliphatic heterocycles. The van der Waals surface area contributed by atoms with Gasteiger partial charge in [-0.25, -0.2) is 9.18 Å². The summed E-state index contributed by atoms with van der Waals surface area (Å²) in [6.45, 7) is 2.26. The molecule has 0 spiro atoms. The van der Waals surface area contributed by atoms with Gasteiger partial charge in [-0.15, -0.1) is 0 Å². The predicted molar refractivity (Wildman–Crippen MR) is 101 cm³/mol. The molecule has 0 unspecified atom stereocenters. The second-order valence-electron chi connectivity index (χ2n) is 7.31. The van der Waals surface area contributed by atoms with Crippen LogP contribution in [0.15, 0.2) is 15.8 Å². The molecule has 0 bridgehead atoms. The maximum Gasteiger partial charge on any atom is 0.330 e. The lowest BCUT2D eigenvalue weighted by Crippen LogP contribution is -2.62. The maximum absolute atomic E-state index is 15.6. The lowest BCUT2D eigenvalue weighted by molar-refractivity contribution is -0.250. The third-order valence-corrected chi connectivity index (χ3v) is 4.77. The van der Waals surface area contributed by atoms with Crippen molar-refractivity contribution in [2.75, 3.05) is 0 Å². The van der Waals surface area contributed by atoms with E-state index in [-0.39, 0.29) is 0 Å². The smallest absolute Gasteiger partial charge is 0.330 e. The van der Waals surface area contributed by atoms with Crippen molar-refractivity contribution >= 4 is 29.5 Å². The summed E-state index contributed by atoms with van der Waals surface area (Å²) in [5.41, 5.74) is 0.0485. The third-order valence-electron chi connectivity index (χ3n) is 4.77. The first kappa shape index (κ1) is 24.3. The number of hydrogen-bond acceptors (Lipinski definition) is 9. The van der Waals surface area contributed by atoms with Gasteiger partial charge in [-0.3, -0.25) is 19.1 Å². The first-order valence-corrected chi connectivity index (χ1v) is 8.68. The number of hydrogen-bond donors (Lipinski definition) is 5. The topological polar surface area (TPSA) is 177 Å². The van der Waals surface area contributed by atoms with Crippen LogP contribution < -0.4 is 17.0 Å². The van der Waals surface area contributed by atoms with E-state index in [0.29, 0.717) is 10.8 Å². The molecule has 1 aromatic rings. The highest BCUT2D eigenvalue weighted by molar-refractivity contribution is 6.40. The zero-order valence-electron chi connectivity index (χ0n) is 16.1. The van der Waals surface area contributed by atoms with Crippen LogP contribution in [0, 0.1) is 5.92 Å². The van der Waals surface area contributed by atoms with E-state index in [1.165, 1.54) is 0 Å². The quantitative estimate of drug-likeness (QED) is 0.225. The Balaban J connectivity index is 2.50. The lowest BCUT2D eigenvalue weighted by Gasteiger charge is -2.41. The third kappa shape index (κ3) is 3.76. The van der Waals surface area contributed by atoms with Gasteiger partial charge < -0.3 is 30.5 Å². The molecular weight excluding hydrogens is 402 g/mol. The summed E-state index contributed by atoms with van der Waals surface area (Å²) in [5.74, 6) is -5.42. The first-order valence-electron chi connectivity index (χ1n) is 8.68. The number of carbonyl (C=O) groups excluding carboxylic acids is 1. The molecule has 5 atom stereocenters. The molecule has 15 heteroatoms. The Morgan fingerprint density at radius 1 is 1.43 bits per heavy atom. The minimum atomic E-state index is -3.73. The summed E-state index contributed by atoms with van der Waals surface area (Å²) in [7, 11) is 16.9. The second kappa shape index (κ2) is 7.96. The van der Waals surface area contributed by atoms with Crippen LogP contribution in [-0.2, 0) is 26.5 Å². The highest BCUT2D eigenvalue weighted by atomic mass is 19.2. The van der Waals surface area contributed by atoms with Gasteiger partial charge in [0.2, 0.25) is 0 Å². The van der Waals surface area contributed by atoms with Gasteiger partial charge in [0.15, 0.2) is 0 Å². The van der Waals surface area contributed by atoms with Gasteiger partial charge >= 0.3 is 11.7 Å². The molecule has 1 saturated heterocycles. The van der Waals surface area contributed by atoms with Gasteiger partial charge in [0.25, 0.3) is 11.4 Å². The van der Waals surface area contributed by atoms with E-state index in [2.05, 4.69) is 4.74 Å². The molecule has 30 heavy (non-hydrogen) atoms. The number of aliphatic hydroxyl groups is 3. The number of nitrogens with two attached hydrogens (primary N) is 1. The Hall–Kier alpha value is -1.93. The van der Waals surface area contributed by atoms with E-state index in [1.54, 1.807) is 18.8 Å². The van der Waals surface area contributed by atoms with Crippen LogP contribution in [0.2, 0.25) is 0 Å². The largest absolute Gasteiger partial charge is 0.473 e. The maximum atomic E-state index is 15.6. The SMILES string of the molecule is [B]C([B])(OC(=O)[C@@H](N)C(C)C)[C@@]1(F)O[C@@]([B])(n2cc(CO)c(=O)[nH]c2=O)[C@H](O)[C@@H]1O. The molecule has 6 radical (unpaired) electrons. The molecule has 0 aliphatic carbocycles. The van der Waals surface area contributed by atoms with Gasteiger partial charge in [0.05, 0.1) is 17.6 Å². The van der Waals surface area contributed by atoms with Crippen molar-refractivity contribution in [1.29, 1.82) is 0 Å². The van der Waals surface area contributed by atoms with Gasteiger partial charge in [-0.05, 0) is 5.92 Å². The molecule has 0 aromatic carbocycles. The molecule has 2 rings (SSSR count). The van der Waals surface area contributed by atoms with Crippen LogP contribution in [0.5, 0.6) is 0 Å². The second-order valence-corrected chi connectivity index (χ2v) is 7.31. The Morgan fingerprint density at radius 3 is 2.50 bits per heavy atom. The zero-order valence-corrected chi connectivity index (χ0v) is 16.1. The molecule has 1 fully saturated rings. The fraction of sp³-hybridized carbons (Fsp3) is 0.667. The van der Waals surface area contributed by atoms with Gasteiger partial charge in [-0.1, -0.05) is 13.8 Å². The summed E-state index contributed by atoms with van der Waals surface area (Å²) >= 11 is 0. The molecule has 2 heterocycles. The highest BCUT2D eigenvalue weighted by Crippen LogP contribution is 2.45. The van der Waals surface area contributed by atoms with Crippen LogP contribution in [0.25, 0.3) is 0 Å². The van der Waals surface area contributed by atoms with E-state index >= 15 is 4.39 Å². The average molecular weight is 421 g/mol. The van der Waals surface area contributed by atoms with Crippen LogP contribution in [0.3, 0.4) is 0 Å². The van der Waals surface area contributed by atoms with Crippen LogP contribution in [-0.4, -0.2) is 83.9 Å². The Morgan fingerprint density at radius 2 is 2.00 bits per heavy atom. The number of H-pyrrole nitrogens is 1. The Kier molecular flexibility index (Phi) is 6.46. The summed E-state index contributed by atoms with van der Waals surface area (Å²) in [6.07, 6.45) is -4.35. The number of rotatable bonds is 6. The highest BCUT2D eigenvalue weighted by Gasteiger charge is 2.68. The molecule has 1 aliphatic rings. The van der Waals surface area contributed by atoms with Crippen molar-refractivity contribution in [3.05, 3.63) is 32.6 Å². The van der Waals surface area contributed by atoms with E-state index in [1.807, 2.05) is 0 Å². The van der Waals surface area contributed by atoms with E-state index in [0.717, 1.165) is 0 Å². The molecule has 6 N–H and O–H groups in total. The average Bonchev–Trinajstić information content (AvgIpc) is 2.82. The van der Waals surface area contributed by atoms with Crippen molar-refractivity contribution in [3.63, 3.8) is 0 Å². The minimum Gasteiger partial charge on any atom is -0.473 e. The lowest BCUT2D eigenvalue weighted by atomic mass is 9.59.